The zero-order chi connectivity index (χ0) is 33.9. The number of cyclic esters (lactones) is 2. The normalized spacial score (nSPS) is 19.7. The van der Waals surface area contributed by atoms with Crippen LogP contribution in [-0.2, 0) is 46.2 Å². The van der Waals surface area contributed by atoms with Crippen LogP contribution in [0.25, 0.3) is 0 Å². The highest BCUT2D eigenvalue weighted by molar-refractivity contribution is 5.99. The lowest BCUT2D eigenvalue weighted by molar-refractivity contribution is -0.176. The number of aryl methyl sites for hydroxylation is 1. The molecule has 1 amide bonds. The number of pyridine rings is 1. The van der Waals surface area contributed by atoms with E-state index in [2.05, 4.69) is 10.3 Å². The molecule has 4 rings (SSSR count). The molecule has 2 aromatic carbocycles. The molecule has 0 spiro atoms. The minimum Gasteiger partial charge on any atom is -0.493 e. The van der Waals surface area contributed by atoms with Gasteiger partial charge in [-0.3, -0.25) is 19.2 Å². The summed E-state index contributed by atoms with van der Waals surface area (Å²) >= 11 is 0. The number of carbonyl (C=O) groups is 5. The monoisotopic (exact) mass is 646 g/mol. The number of carbonyl (C=O) groups excluding carboxylic acids is 5. The molecular weight excluding hydrogens is 608 g/mol. The van der Waals surface area contributed by atoms with E-state index in [4.69, 9.17) is 23.7 Å². The summed E-state index contributed by atoms with van der Waals surface area (Å²) < 4.78 is 27.7. The van der Waals surface area contributed by atoms with Gasteiger partial charge in [0.2, 0.25) is 5.75 Å². The van der Waals surface area contributed by atoms with Gasteiger partial charge in [0.25, 0.3) is 5.91 Å². The zero-order valence-corrected chi connectivity index (χ0v) is 26.7. The smallest absolute Gasteiger partial charge is 0.332 e. The van der Waals surface area contributed by atoms with E-state index in [0.717, 1.165) is 11.1 Å². The standard InChI is InChI=1S/C35H38N2O10/c1-21(2)33(40)47-30-22(3)45-35(42)26(20-44-34(41)25(30)19-24-13-9-6-10-14-24)37-32(39)29-31(27(43-4)17-18-36-29)46-28(38)16-15-23-11-7-5-8-12-23/h5-14,17-18,21-22,25-26,30H,15-16,19-20H2,1-4H3,(H,37,39). The molecule has 1 aromatic heterocycles. The number of aromatic nitrogens is 1. The van der Waals surface area contributed by atoms with Crippen molar-refractivity contribution >= 4 is 29.8 Å². The predicted octanol–water partition coefficient (Wildman–Crippen LogP) is 3.64. The summed E-state index contributed by atoms with van der Waals surface area (Å²) in [5.74, 6) is -5.51. The average Bonchev–Trinajstić information content (AvgIpc) is 3.10. The first-order valence-corrected chi connectivity index (χ1v) is 15.3. The first-order chi connectivity index (χ1) is 22.6. The SMILES string of the molecule is COc1ccnc(C(=O)NC2COC(=O)C(Cc3ccccc3)C(OC(=O)C(C)C)C(C)OC2=O)c1OC(=O)CCc1ccccc1. The molecule has 0 bridgehead atoms. The Kier molecular flexibility index (Phi) is 12.0. The molecule has 12 heteroatoms. The summed E-state index contributed by atoms with van der Waals surface area (Å²) in [5.41, 5.74) is 1.36. The molecule has 0 aliphatic carbocycles. The fraction of sp³-hybridized carbons (Fsp3) is 0.371. The molecule has 1 aliphatic heterocycles. The van der Waals surface area contributed by atoms with Crippen LogP contribution in [0.1, 0.15) is 48.8 Å². The summed E-state index contributed by atoms with van der Waals surface area (Å²) in [4.78, 5) is 69.8. The second kappa shape index (κ2) is 16.3. The largest absolute Gasteiger partial charge is 0.493 e. The maximum absolute atomic E-state index is 13.5. The lowest BCUT2D eigenvalue weighted by atomic mass is 9.91. The van der Waals surface area contributed by atoms with Crippen LogP contribution in [-0.4, -0.2) is 66.7 Å². The van der Waals surface area contributed by atoms with Gasteiger partial charge in [0.05, 0.1) is 13.0 Å². The molecule has 12 nitrogen and oxygen atoms in total. The molecule has 0 saturated carbocycles. The summed E-state index contributed by atoms with van der Waals surface area (Å²) in [6.07, 6.45) is -0.418. The van der Waals surface area contributed by atoms with Gasteiger partial charge in [0.15, 0.2) is 23.6 Å². The maximum Gasteiger partial charge on any atom is 0.332 e. The predicted molar refractivity (Wildman–Crippen MR) is 167 cm³/mol. The number of methoxy groups -OCH3 is 1. The fourth-order valence-electron chi connectivity index (χ4n) is 4.88. The van der Waals surface area contributed by atoms with E-state index in [1.54, 1.807) is 26.0 Å². The van der Waals surface area contributed by atoms with Gasteiger partial charge in [-0.1, -0.05) is 74.5 Å². The van der Waals surface area contributed by atoms with Gasteiger partial charge in [0.1, 0.15) is 18.6 Å². The fourth-order valence-corrected chi connectivity index (χ4v) is 4.88. The van der Waals surface area contributed by atoms with Crippen molar-refractivity contribution in [3.63, 3.8) is 0 Å². The number of benzene rings is 2. The van der Waals surface area contributed by atoms with Gasteiger partial charge in [-0.2, -0.15) is 0 Å². The number of rotatable bonds is 11. The number of nitrogens with zero attached hydrogens (tertiary/aromatic N) is 1. The number of hydrogen-bond acceptors (Lipinski definition) is 11. The Hall–Kier alpha value is -5.26. The molecule has 0 radical (unpaired) electrons. The molecule has 47 heavy (non-hydrogen) atoms. The highest BCUT2D eigenvalue weighted by Gasteiger charge is 2.42. The van der Waals surface area contributed by atoms with Crippen LogP contribution >= 0.6 is 0 Å². The summed E-state index contributed by atoms with van der Waals surface area (Å²) in [6.45, 7) is 4.21. The minimum absolute atomic E-state index is 0.0125. The van der Waals surface area contributed by atoms with E-state index in [1.165, 1.54) is 26.3 Å². The quantitative estimate of drug-likeness (QED) is 0.240. The van der Waals surface area contributed by atoms with Crippen molar-refractivity contribution in [1.29, 1.82) is 0 Å². The molecule has 1 fully saturated rings. The van der Waals surface area contributed by atoms with Crippen molar-refractivity contribution in [2.24, 2.45) is 11.8 Å². The number of hydrogen-bond donors (Lipinski definition) is 1. The first kappa shape index (κ1) is 34.6. The highest BCUT2D eigenvalue weighted by Crippen LogP contribution is 2.30. The molecule has 4 atom stereocenters. The van der Waals surface area contributed by atoms with Crippen molar-refractivity contribution in [2.75, 3.05) is 13.7 Å². The summed E-state index contributed by atoms with van der Waals surface area (Å²) in [5, 5.41) is 2.47. The third-order valence-corrected chi connectivity index (χ3v) is 7.45. The van der Waals surface area contributed by atoms with E-state index in [1.807, 2.05) is 48.5 Å². The van der Waals surface area contributed by atoms with Crippen LogP contribution < -0.4 is 14.8 Å². The Morgan fingerprint density at radius 2 is 1.62 bits per heavy atom. The number of amides is 1. The number of ether oxygens (including phenoxy) is 5. The van der Waals surface area contributed by atoms with Crippen LogP contribution in [0.15, 0.2) is 72.9 Å². The van der Waals surface area contributed by atoms with Crippen molar-refractivity contribution < 1.29 is 47.7 Å². The zero-order valence-electron chi connectivity index (χ0n) is 26.7. The Balaban J connectivity index is 1.54. The Morgan fingerprint density at radius 3 is 2.26 bits per heavy atom. The summed E-state index contributed by atoms with van der Waals surface area (Å²) in [6, 6.07) is 18.3. The third-order valence-electron chi connectivity index (χ3n) is 7.45. The highest BCUT2D eigenvalue weighted by atomic mass is 16.6. The second-order valence-corrected chi connectivity index (χ2v) is 11.3. The van der Waals surface area contributed by atoms with Gasteiger partial charge < -0.3 is 29.0 Å². The Bertz CT molecular complexity index is 1560. The first-order valence-electron chi connectivity index (χ1n) is 15.3. The topological polar surface area (TPSA) is 156 Å². The van der Waals surface area contributed by atoms with Crippen LogP contribution in [0.2, 0.25) is 0 Å². The van der Waals surface area contributed by atoms with Crippen LogP contribution in [0.4, 0.5) is 0 Å². The molecule has 3 aromatic rings. The van der Waals surface area contributed by atoms with Crippen LogP contribution in [0.3, 0.4) is 0 Å². The van der Waals surface area contributed by atoms with Crippen molar-refractivity contribution in [3.05, 3.63) is 89.7 Å². The van der Waals surface area contributed by atoms with Gasteiger partial charge in [-0.25, -0.2) is 9.78 Å². The molecule has 248 valence electrons. The van der Waals surface area contributed by atoms with E-state index >= 15 is 0 Å². The van der Waals surface area contributed by atoms with E-state index in [-0.39, 0.29) is 30.0 Å². The van der Waals surface area contributed by atoms with Crippen molar-refractivity contribution in [3.8, 4) is 11.5 Å². The molecular formula is C35H38N2O10. The molecule has 1 aliphatic rings. The third kappa shape index (κ3) is 9.38. The lowest BCUT2D eigenvalue weighted by Gasteiger charge is -2.29. The molecule has 1 saturated heterocycles. The van der Waals surface area contributed by atoms with Gasteiger partial charge in [-0.05, 0) is 30.9 Å². The Morgan fingerprint density at radius 1 is 0.957 bits per heavy atom. The minimum atomic E-state index is -1.47. The van der Waals surface area contributed by atoms with Crippen LogP contribution in [0, 0.1) is 11.8 Å². The Labute approximate surface area is 272 Å². The van der Waals surface area contributed by atoms with Gasteiger partial charge in [-0.15, -0.1) is 0 Å². The van der Waals surface area contributed by atoms with Crippen LogP contribution in [0.5, 0.6) is 11.5 Å². The van der Waals surface area contributed by atoms with E-state index < -0.39 is 66.5 Å². The molecule has 2 heterocycles. The lowest BCUT2D eigenvalue weighted by Crippen LogP contribution is -2.47. The average molecular weight is 647 g/mol. The molecule has 4 unspecified atom stereocenters. The van der Waals surface area contributed by atoms with Crippen molar-refractivity contribution in [1.82, 2.24) is 10.3 Å². The molecule has 1 N–H and O–H groups in total. The number of esters is 4. The summed E-state index contributed by atoms with van der Waals surface area (Å²) in [7, 11) is 1.34. The van der Waals surface area contributed by atoms with Crippen molar-refractivity contribution in [2.45, 2.75) is 58.3 Å². The van der Waals surface area contributed by atoms with Gasteiger partial charge in [0, 0.05) is 18.7 Å². The second-order valence-electron chi connectivity index (χ2n) is 11.3. The maximum atomic E-state index is 13.5. The number of nitrogens with one attached hydrogen (secondary N) is 1. The van der Waals surface area contributed by atoms with E-state index in [0.29, 0.717) is 6.42 Å². The van der Waals surface area contributed by atoms with E-state index in [9.17, 15) is 24.0 Å². The van der Waals surface area contributed by atoms with Gasteiger partial charge >= 0.3 is 23.9 Å².